The van der Waals surface area contributed by atoms with Gasteiger partial charge in [0.1, 0.15) is 0 Å². The Morgan fingerprint density at radius 3 is 2.46 bits per heavy atom. The molecule has 0 saturated carbocycles. The van der Waals surface area contributed by atoms with Crippen molar-refractivity contribution in [2.45, 2.75) is 31.1 Å². The summed E-state index contributed by atoms with van der Waals surface area (Å²) in [6, 6.07) is 4.79. The van der Waals surface area contributed by atoms with Gasteiger partial charge in [0.25, 0.3) is 5.91 Å². The summed E-state index contributed by atoms with van der Waals surface area (Å²) in [7, 11) is -1.35. The second-order valence-corrected chi connectivity index (χ2v) is 8.39. The number of halogens is 1. The van der Waals surface area contributed by atoms with Crippen molar-refractivity contribution in [2.75, 3.05) is 32.9 Å². The average Bonchev–Trinajstić information content (AvgIpc) is 2.52. The Labute approximate surface area is 151 Å². The van der Waals surface area contributed by atoms with E-state index in [0.717, 1.165) is 44.5 Å². The number of amides is 1. The molecule has 1 heterocycles. The van der Waals surface area contributed by atoms with Crippen LogP contribution in [0.15, 0.2) is 23.1 Å². The number of carbonyl (C=O) groups is 1. The molecule has 2 rings (SSSR count). The van der Waals surface area contributed by atoms with Crippen LogP contribution in [0.2, 0.25) is 0 Å². The normalized spacial score (nSPS) is 15.9. The van der Waals surface area contributed by atoms with Gasteiger partial charge in [-0.3, -0.25) is 4.79 Å². The molecule has 0 spiro atoms. The van der Waals surface area contributed by atoms with Crippen molar-refractivity contribution >= 4 is 28.2 Å². The molecule has 1 aromatic carbocycles. The Morgan fingerprint density at radius 1 is 1.29 bits per heavy atom. The van der Waals surface area contributed by atoms with E-state index in [-0.39, 0.29) is 23.2 Å². The lowest BCUT2D eigenvalue weighted by atomic mass is 9.93. The molecule has 5 nitrogen and oxygen atoms in total. The first kappa shape index (κ1) is 20.9. The second kappa shape index (κ2) is 8.83. The lowest BCUT2D eigenvalue weighted by Crippen LogP contribution is -2.39. The third kappa shape index (κ3) is 5.19. The van der Waals surface area contributed by atoms with E-state index in [1.807, 2.05) is 18.9 Å². The Morgan fingerprint density at radius 2 is 1.92 bits per heavy atom. The molecule has 136 valence electrons. The van der Waals surface area contributed by atoms with Crippen LogP contribution < -0.4 is 5.32 Å². The number of benzene rings is 1. The summed E-state index contributed by atoms with van der Waals surface area (Å²) in [5.74, 6) is 0.606. The Kier molecular flexibility index (Phi) is 7.70. The van der Waals surface area contributed by atoms with E-state index in [9.17, 15) is 13.2 Å². The molecule has 0 atom stereocenters. The molecular weight excluding hydrogens is 348 g/mol. The smallest absolute Gasteiger partial charge is 0.254 e. The number of nitrogens with one attached hydrogen (secondary N) is 1. The first-order chi connectivity index (χ1) is 10.8. The lowest BCUT2D eigenvalue weighted by molar-refractivity contribution is 0.0686. The molecule has 1 aliphatic heterocycles. The second-order valence-electron chi connectivity index (χ2n) is 6.38. The van der Waals surface area contributed by atoms with E-state index in [1.54, 1.807) is 12.1 Å². The first-order valence-corrected chi connectivity index (χ1v) is 9.96. The Balaban J connectivity index is 0.00000288. The number of likely N-dealkylation sites (tertiary alicyclic amines) is 1. The molecule has 1 N–H and O–H groups in total. The van der Waals surface area contributed by atoms with Gasteiger partial charge < -0.3 is 10.2 Å². The molecule has 0 unspecified atom stereocenters. The Bertz CT molecular complexity index is 668. The lowest BCUT2D eigenvalue weighted by Gasteiger charge is -2.32. The fourth-order valence-electron chi connectivity index (χ4n) is 3.01. The number of aryl methyl sites for hydroxylation is 1. The molecule has 1 amide bonds. The zero-order valence-corrected chi connectivity index (χ0v) is 16.2. The summed E-state index contributed by atoms with van der Waals surface area (Å²) in [4.78, 5) is 14.8. The largest absolute Gasteiger partial charge is 0.339 e. The quantitative estimate of drug-likeness (QED) is 0.858. The van der Waals surface area contributed by atoms with Crippen LogP contribution in [0.1, 0.15) is 35.2 Å². The van der Waals surface area contributed by atoms with Crippen LogP contribution in [0, 0.1) is 12.8 Å². The SMILES string of the molecule is CNCCC1CCN(C(=O)c2cc(S(C)(=O)=O)ccc2C)CC1.Cl. The topological polar surface area (TPSA) is 66.5 Å². The van der Waals surface area contributed by atoms with Crippen LogP contribution in [0.25, 0.3) is 0 Å². The Hall–Kier alpha value is -1.11. The molecule has 1 saturated heterocycles. The maximum Gasteiger partial charge on any atom is 0.254 e. The van der Waals surface area contributed by atoms with Gasteiger partial charge in [0, 0.05) is 24.9 Å². The summed E-state index contributed by atoms with van der Waals surface area (Å²) >= 11 is 0. The summed E-state index contributed by atoms with van der Waals surface area (Å²) in [6.45, 7) is 4.35. The average molecular weight is 375 g/mol. The van der Waals surface area contributed by atoms with Crippen LogP contribution in [-0.4, -0.2) is 52.2 Å². The van der Waals surface area contributed by atoms with Gasteiger partial charge in [-0.2, -0.15) is 0 Å². The van der Waals surface area contributed by atoms with Gasteiger partial charge >= 0.3 is 0 Å². The van der Waals surface area contributed by atoms with Gasteiger partial charge in [-0.05, 0) is 63.4 Å². The molecule has 1 aliphatic rings. The molecule has 1 aromatic rings. The van der Waals surface area contributed by atoms with E-state index in [0.29, 0.717) is 11.5 Å². The van der Waals surface area contributed by atoms with Crippen molar-refractivity contribution in [3.63, 3.8) is 0 Å². The standard InChI is InChI=1S/C17H26N2O3S.ClH/c1-13-4-5-15(23(3,21)22)12-16(13)17(20)19-10-7-14(8-11-19)6-9-18-2;/h4-5,12,14,18H,6-11H2,1-3H3;1H. The minimum absolute atomic E-state index is 0. The van der Waals surface area contributed by atoms with E-state index in [2.05, 4.69) is 5.32 Å². The highest BCUT2D eigenvalue weighted by molar-refractivity contribution is 7.90. The van der Waals surface area contributed by atoms with Crippen LogP contribution in [0.3, 0.4) is 0 Å². The van der Waals surface area contributed by atoms with Crippen molar-refractivity contribution in [2.24, 2.45) is 5.92 Å². The fourth-order valence-corrected chi connectivity index (χ4v) is 3.65. The van der Waals surface area contributed by atoms with Gasteiger partial charge in [-0.25, -0.2) is 8.42 Å². The van der Waals surface area contributed by atoms with Gasteiger partial charge in [0.2, 0.25) is 0 Å². The third-order valence-electron chi connectivity index (χ3n) is 4.57. The van der Waals surface area contributed by atoms with Crippen molar-refractivity contribution < 1.29 is 13.2 Å². The van der Waals surface area contributed by atoms with Gasteiger partial charge in [0.05, 0.1) is 4.90 Å². The number of sulfone groups is 1. The molecular formula is C17H27ClN2O3S. The molecule has 7 heteroatoms. The first-order valence-electron chi connectivity index (χ1n) is 8.07. The van der Waals surface area contributed by atoms with E-state index < -0.39 is 9.84 Å². The molecule has 0 aromatic heterocycles. The van der Waals surface area contributed by atoms with E-state index >= 15 is 0 Å². The number of piperidine rings is 1. The summed E-state index contributed by atoms with van der Waals surface area (Å²) < 4.78 is 23.4. The fraction of sp³-hybridized carbons (Fsp3) is 0.588. The number of hydrogen-bond donors (Lipinski definition) is 1. The van der Waals surface area contributed by atoms with E-state index in [1.165, 1.54) is 12.3 Å². The van der Waals surface area contributed by atoms with Crippen molar-refractivity contribution in [1.82, 2.24) is 10.2 Å². The molecule has 24 heavy (non-hydrogen) atoms. The highest BCUT2D eigenvalue weighted by Gasteiger charge is 2.25. The third-order valence-corrected chi connectivity index (χ3v) is 5.68. The van der Waals surface area contributed by atoms with Crippen molar-refractivity contribution in [3.8, 4) is 0 Å². The highest BCUT2D eigenvalue weighted by Crippen LogP contribution is 2.23. The minimum Gasteiger partial charge on any atom is -0.339 e. The maximum absolute atomic E-state index is 12.7. The van der Waals surface area contributed by atoms with Gasteiger partial charge in [0.15, 0.2) is 9.84 Å². The maximum atomic E-state index is 12.7. The summed E-state index contributed by atoms with van der Waals surface area (Å²) in [5, 5.41) is 3.17. The predicted molar refractivity (Wildman–Crippen MR) is 98.7 cm³/mol. The van der Waals surface area contributed by atoms with Crippen molar-refractivity contribution in [3.05, 3.63) is 29.3 Å². The van der Waals surface area contributed by atoms with Crippen LogP contribution in [-0.2, 0) is 9.84 Å². The molecule has 0 bridgehead atoms. The number of nitrogens with zero attached hydrogens (tertiary/aromatic N) is 1. The van der Waals surface area contributed by atoms with E-state index in [4.69, 9.17) is 0 Å². The summed E-state index contributed by atoms with van der Waals surface area (Å²) in [6.07, 6.45) is 4.33. The predicted octanol–water partition coefficient (Wildman–Crippen LogP) is 2.28. The summed E-state index contributed by atoms with van der Waals surface area (Å²) in [5.41, 5.74) is 1.32. The minimum atomic E-state index is -3.30. The van der Waals surface area contributed by atoms with Crippen LogP contribution in [0.4, 0.5) is 0 Å². The highest BCUT2D eigenvalue weighted by atomic mass is 35.5. The number of rotatable bonds is 5. The molecule has 0 aliphatic carbocycles. The zero-order valence-electron chi connectivity index (χ0n) is 14.5. The van der Waals surface area contributed by atoms with Gasteiger partial charge in [-0.15, -0.1) is 12.4 Å². The molecule has 0 radical (unpaired) electrons. The van der Waals surface area contributed by atoms with Gasteiger partial charge in [-0.1, -0.05) is 6.07 Å². The number of hydrogen-bond acceptors (Lipinski definition) is 4. The van der Waals surface area contributed by atoms with Crippen molar-refractivity contribution in [1.29, 1.82) is 0 Å². The molecule has 1 fully saturated rings. The van der Waals surface area contributed by atoms with Crippen LogP contribution >= 0.6 is 12.4 Å². The van der Waals surface area contributed by atoms with Crippen LogP contribution in [0.5, 0.6) is 0 Å². The number of carbonyl (C=O) groups excluding carboxylic acids is 1. The monoisotopic (exact) mass is 374 g/mol. The zero-order chi connectivity index (χ0) is 17.0.